The number of rotatable bonds is 2. The van der Waals surface area contributed by atoms with Gasteiger partial charge in [0.05, 0.1) is 27.8 Å². The monoisotopic (exact) mass is 364 g/mol. The number of fused-ring (bicyclic) bond motifs is 6. The third kappa shape index (κ3) is 1.66. The van der Waals surface area contributed by atoms with Crippen molar-refractivity contribution in [1.29, 1.82) is 0 Å². The quantitative estimate of drug-likeness (QED) is 0.745. The van der Waals surface area contributed by atoms with E-state index >= 15 is 0 Å². The van der Waals surface area contributed by atoms with Gasteiger partial charge in [0, 0.05) is 17.0 Å². The zero-order valence-corrected chi connectivity index (χ0v) is 15.9. The van der Waals surface area contributed by atoms with Crippen molar-refractivity contribution in [3.05, 3.63) is 47.2 Å². The molecule has 0 saturated heterocycles. The van der Waals surface area contributed by atoms with E-state index in [1.165, 1.54) is 11.3 Å². The lowest BCUT2D eigenvalue weighted by atomic mass is 9.63. The molecule has 2 atom stereocenters. The summed E-state index contributed by atoms with van der Waals surface area (Å²) in [7, 11) is 0. The highest BCUT2D eigenvalue weighted by atomic mass is 32.1. The number of carbonyl (C=O) groups is 1. The fourth-order valence-corrected chi connectivity index (χ4v) is 5.56. The van der Waals surface area contributed by atoms with Crippen LogP contribution in [0.15, 0.2) is 35.8 Å². The second kappa shape index (κ2) is 4.88. The Balaban J connectivity index is 1.75. The minimum Gasteiger partial charge on any atom is -0.301 e. The average Bonchev–Trinajstić information content (AvgIpc) is 3.23. The summed E-state index contributed by atoms with van der Waals surface area (Å²) in [5.74, 6) is -0.00972. The molecule has 0 aliphatic heterocycles. The first-order chi connectivity index (χ1) is 12.4. The van der Waals surface area contributed by atoms with Gasteiger partial charge in [-0.15, -0.1) is 11.3 Å². The zero-order valence-electron chi connectivity index (χ0n) is 15.0. The van der Waals surface area contributed by atoms with Crippen LogP contribution in [0.3, 0.4) is 0 Å². The van der Waals surface area contributed by atoms with Crippen LogP contribution in [0, 0.1) is 5.41 Å². The van der Waals surface area contributed by atoms with Gasteiger partial charge in [0.1, 0.15) is 0 Å². The number of hydrogen-bond donors (Lipinski definition) is 1. The number of anilines is 1. The smallest absolute Gasteiger partial charge is 0.239 e. The number of hydrogen-bond acceptors (Lipinski definition) is 5. The van der Waals surface area contributed by atoms with Crippen LogP contribution in [0.25, 0.3) is 11.0 Å². The summed E-state index contributed by atoms with van der Waals surface area (Å²) in [5, 5.41) is 5.55. The molecule has 5 nitrogen and oxygen atoms in total. The lowest BCUT2D eigenvalue weighted by Crippen LogP contribution is -2.48. The molecule has 132 valence electrons. The second-order valence-electron chi connectivity index (χ2n) is 8.06. The molecule has 26 heavy (non-hydrogen) atoms. The van der Waals surface area contributed by atoms with Crippen molar-refractivity contribution < 1.29 is 4.79 Å². The molecule has 5 rings (SSSR count). The number of aromatic nitrogens is 3. The summed E-state index contributed by atoms with van der Waals surface area (Å²) in [6.45, 7) is 6.62. The van der Waals surface area contributed by atoms with Gasteiger partial charge in [0.15, 0.2) is 5.13 Å². The van der Waals surface area contributed by atoms with Crippen LogP contribution < -0.4 is 5.32 Å². The fraction of sp³-hybridized carbons (Fsp3) is 0.400. The highest BCUT2D eigenvalue weighted by Gasteiger charge is 2.73. The van der Waals surface area contributed by atoms with Crippen LogP contribution in [0.1, 0.15) is 45.0 Å². The van der Waals surface area contributed by atoms with Gasteiger partial charge in [-0.25, -0.2) is 15.0 Å². The van der Waals surface area contributed by atoms with Gasteiger partial charge in [-0.2, -0.15) is 0 Å². The maximum atomic E-state index is 13.5. The molecule has 0 spiro atoms. The van der Waals surface area contributed by atoms with Crippen molar-refractivity contribution in [2.24, 2.45) is 5.41 Å². The maximum Gasteiger partial charge on any atom is 0.239 e. The van der Waals surface area contributed by atoms with Gasteiger partial charge in [0.25, 0.3) is 0 Å². The molecule has 2 aromatic heterocycles. The van der Waals surface area contributed by atoms with E-state index < -0.39 is 5.41 Å². The van der Waals surface area contributed by atoms with Gasteiger partial charge in [-0.05, 0) is 30.4 Å². The van der Waals surface area contributed by atoms with Gasteiger partial charge >= 0.3 is 0 Å². The molecule has 2 aliphatic carbocycles. The number of nitrogens with one attached hydrogen (secondary N) is 1. The molecule has 1 aromatic carbocycles. The lowest BCUT2D eigenvalue weighted by Gasteiger charge is -2.39. The van der Waals surface area contributed by atoms with Crippen molar-refractivity contribution in [1.82, 2.24) is 15.0 Å². The summed E-state index contributed by atoms with van der Waals surface area (Å²) in [5.41, 5.74) is 2.46. The summed E-state index contributed by atoms with van der Waals surface area (Å²) in [6, 6.07) is 7.91. The van der Waals surface area contributed by atoms with Crippen molar-refractivity contribution in [3.63, 3.8) is 0 Å². The van der Waals surface area contributed by atoms with Crippen LogP contribution in [0.5, 0.6) is 0 Å². The van der Waals surface area contributed by atoms with Crippen LogP contribution >= 0.6 is 11.3 Å². The average molecular weight is 364 g/mol. The topological polar surface area (TPSA) is 67.8 Å². The largest absolute Gasteiger partial charge is 0.301 e. The molecule has 2 aliphatic rings. The van der Waals surface area contributed by atoms with E-state index in [4.69, 9.17) is 9.97 Å². The predicted octanol–water partition coefficient (Wildman–Crippen LogP) is 4.05. The fourth-order valence-electron chi connectivity index (χ4n) is 5.04. The Morgan fingerprint density at radius 1 is 1.08 bits per heavy atom. The van der Waals surface area contributed by atoms with Crippen LogP contribution in [0.2, 0.25) is 0 Å². The minimum absolute atomic E-state index is 0.00972. The molecule has 1 saturated carbocycles. The van der Waals surface area contributed by atoms with Gasteiger partial charge in [0.2, 0.25) is 5.91 Å². The Labute approximate surface area is 155 Å². The molecule has 2 bridgehead atoms. The molecule has 0 unspecified atom stereocenters. The van der Waals surface area contributed by atoms with E-state index in [0.717, 1.165) is 35.3 Å². The molecular weight excluding hydrogens is 344 g/mol. The highest BCUT2D eigenvalue weighted by molar-refractivity contribution is 7.13. The van der Waals surface area contributed by atoms with E-state index in [9.17, 15) is 4.79 Å². The summed E-state index contributed by atoms with van der Waals surface area (Å²) >= 11 is 1.44. The van der Waals surface area contributed by atoms with Gasteiger partial charge < -0.3 is 5.32 Å². The number of thiazole rings is 1. The predicted molar refractivity (Wildman–Crippen MR) is 102 cm³/mol. The number of carbonyl (C=O) groups excluding carboxylic acids is 1. The highest BCUT2D eigenvalue weighted by Crippen LogP contribution is 2.70. The maximum absolute atomic E-state index is 13.5. The lowest BCUT2D eigenvalue weighted by molar-refractivity contribution is -0.125. The molecule has 2 heterocycles. The molecule has 3 aromatic rings. The van der Waals surface area contributed by atoms with Crippen molar-refractivity contribution >= 4 is 33.4 Å². The van der Waals surface area contributed by atoms with Crippen molar-refractivity contribution in [3.8, 4) is 0 Å². The molecule has 1 amide bonds. The number of amides is 1. The first kappa shape index (κ1) is 15.9. The third-order valence-corrected chi connectivity index (χ3v) is 7.67. The van der Waals surface area contributed by atoms with Crippen molar-refractivity contribution in [2.45, 2.75) is 44.4 Å². The van der Waals surface area contributed by atoms with Crippen LogP contribution in [0.4, 0.5) is 5.13 Å². The Morgan fingerprint density at radius 3 is 2.42 bits per heavy atom. The summed E-state index contributed by atoms with van der Waals surface area (Å²) < 4.78 is 0. The van der Waals surface area contributed by atoms with Gasteiger partial charge in [-0.3, -0.25) is 4.79 Å². The summed E-state index contributed by atoms with van der Waals surface area (Å²) in [6.07, 6.45) is 3.43. The SMILES string of the molecule is CC1(C)[C@]2(C(=O)Nc3nccs3)CC[C@]1(C)c1nc3ccccc3nc12. The molecule has 6 heteroatoms. The normalized spacial score (nSPS) is 28.3. The Bertz CT molecular complexity index is 1050. The van der Waals surface area contributed by atoms with Crippen LogP contribution in [-0.2, 0) is 15.6 Å². The minimum atomic E-state index is -0.681. The standard InChI is InChI=1S/C20H20N4OS/c1-18(2)19(3)8-9-20(18,16(25)24-17-21-10-11-26-17)15-14(19)22-12-6-4-5-7-13(12)23-15/h4-7,10-11H,8-9H2,1-3H3,(H,21,24,25)/t19-,20-/m1/s1. The van der Waals surface area contributed by atoms with E-state index in [1.54, 1.807) is 6.20 Å². The molecule has 1 N–H and O–H groups in total. The first-order valence-electron chi connectivity index (χ1n) is 8.89. The number of benzene rings is 1. The summed E-state index contributed by atoms with van der Waals surface area (Å²) in [4.78, 5) is 27.7. The van der Waals surface area contributed by atoms with Crippen LogP contribution in [-0.4, -0.2) is 20.9 Å². The van der Waals surface area contributed by atoms with Gasteiger partial charge in [-0.1, -0.05) is 32.9 Å². The molecular formula is C20H20N4OS. The Kier molecular flexibility index (Phi) is 2.98. The third-order valence-electron chi connectivity index (χ3n) is 6.98. The Morgan fingerprint density at radius 2 is 1.77 bits per heavy atom. The Hall–Kier alpha value is -2.34. The number of para-hydroxylation sites is 2. The zero-order chi connectivity index (χ0) is 18.2. The first-order valence-corrected chi connectivity index (χ1v) is 9.77. The number of nitrogens with zero attached hydrogens (tertiary/aromatic N) is 3. The molecule has 1 fully saturated rings. The molecule has 0 radical (unpaired) electrons. The van der Waals surface area contributed by atoms with E-state index in [0.29, 0.717) is 5.13 Å². The van der Waals surface area contributed by atoms with E-state index in [-0.39, 0.29) is 16.7 Å². The van der Waals surface area contributed by atoms with E-state index in [2.05, 4.69) is 31.1 Å². The van der Waals surface area contributed by atoms with E-state index in [1.807, 2.05) is 29.6 Å². The van der Waals surface area contributed by atoms with Crippen molar-refractivity contribution in [2.75, 3.05) is 5.32 Å². The second-order valence-corrected chi connectivity index (χ2v) is 8.96.